The molecule has 2 heterocycles. The number of carbonyl (C=O) groups excluding carboxylic acids is 1. The van der Waals surface area contributed by atoms with Gasteiger partial charge in [0.1, 0.15) is 0 Å². The van der Waals surface area contributed by atoms with Crippen molar-refractivity contribution in [3.8, 4) is 11.5 Å². The number of benzene rings is 3. The standard InChI is InChI=1S/C27H26N4O2S/c1-19-11-13-20(14-12-19)27-30-29-26(33-27)16-15-25(32)28-17-6-18-31-21-7-2-4-9-23(21)34-24-10-5-3-8-22(24)31/h2-5,7-14H,6,15-18H2,1H3,(H,28,32). The van der Waals surface area contributed by atoms with Crippen molar-refractivity contribution >= 4 is 29.0 Å². The number of para-hydroxylation sites is 2. The van der Waals surface area contributed by atoms with Crippen LogP contribution < -0.4 is 10.2 Å². The number of aryl methyl sites for hydroxylation is 2. The number of carbonyl (C=O) groups is 1. The summed E-state index contributed by atoms with van der Waals surface area (Å²) in [6.07, 6.45) is 1.59. The fourth-order valence-electron chi connectivity index (χ4n) is 3.96. The molecule has 0 fully saturated rings. The summed E-state index contributed by atoms with van der Waals surface area (Å²) < 4.78 is 5.72. The number of aromatic nitrogens is 2. The lowest BCUT2D eigenvalue weighted by Crippen LogP contribution is -2.29. The highest BCUT2D eigenvalue weighted by Gasteiger charge is 2.22. The van der Waals surface area contributed by atoms with Crippen LogP contribution in [0.25, 0.3) is 11.5 Å². The Kier molecular flexibility index (Phi) is 6.62. The second kappa shape index (κ2) is 10.1. The second-order valence-electron chi connectivity index (χ2n) is 8.26. The van der Waals surface area contributed by atoms with Crippen molar-refractivity contribution in [2.24, 2.45) is 0 Å². The van der Waals surface area contributed by atoms with Crippen molar-refractivity contribution in [2.75, 3.05) is 18.0 Å². The van der Waals surface area contributed by atoms with Crippen molar-refractivity contribution < 1.29 is 9.21 Å². The SMILES string of the molecule is Cc1ccc(-c2nnc(CCC(=O)NCCCN3c4ccccc4Sc4ccccc43)o2)cc1. The van der Waals surface area contributed by atoms with Gasteiger partial charge < -0.3 is 14.6 Å². The van der Waals surface area contributed by atoms with Crippen LogP contribution >= 0.6 is 11.8 Å². The van der Waals surface area contributed by atoms with Crippen molar-refractivity contribution in [3.05, 3.63) is 84.3 Å². The minimum absolute atomic E-state index is 0.00918. The Morgan fingerprint density at radius 1 is 0.941 bits per heavy atom. The van der Waals surface area contributed by atoms with Gasteiger partial charge in [-0.05, 0) is 49.7 Å². The first-order chi connectivity index (χ1) is 16.7. The molecule has 1 N–H and O–H groups in total. The average molecular weight is 471 g/mol. The average Bonchev–Trinajstić information content (AvgIpc) is 3.34. The summed E-state index contributed by atoms with van der Waals surface area (Å²) in [6.45, 7) is 3.48. The predicted molar refractivity (Wildman–Crippen MR) is 134 cm³/mol. The van der Waals surface area contributed by atoms with E-state index in [0.717, 1.165) is 18.5 Å². The lowest BCUT2D eigenvalue weighted by atomic mass is 10.1. The Labute approximate surface area is 203 Å². The predicted octanol–water partition coefficient (Wildman–Crippen LogP) is 5.79. The van der Waals surface area contributed by atoms with E-state index in [4.69, 9.17) is 4.42 Å². The maximum Gasteiger partial charge on any atom is 0.247 e. The molecule has 4 aromatic rings. The second-order valence-corrected chi connectivity index (χ2v) is 9.34. The number of nitrogens with one attached hydrogen (secondary N) is 1. The molecule has 1 aliphatic rings. The summed E-state index contributed by atoms with van der Waals surface area (Å²) in [5.41, 5.74) is 4.50. The van der Waals surface area contributed by atoms with E-state index in [9.17, 15) is 4.79 Å². The van der Waals surface area contributed by atoms with Crippen molar-refractivity contribution in [2.45, 2.75) is 36.0 Å². The zero-order chi connectivity index (χ0) is 23.3. The molecular formula is C27H26N4O2S. The zero-order valence-electron chi connectivity index (χ0n) is 19.0. The first-order valence-electron chi connectivity index (χ1n) is 11.5. The smallest absolute Gasteiger partial charge is 0.247 e. The molecule has 6 nitrogen and oxygen atoms in total. The molecule has 0 saturated heterocycles. The Bertz CT molecular complexity index is 1240. The van der Waals surface area contributed by atoms with Gasteiger partial charge >= 0.3 is 0 Å². The van der Waals surface area contributed by atoms with E-state index in [-0.39, 0.29) is 5.91 Å². The third kappa shape index (κ3) is 4.99. The first-order valence-corrected chi connectivity index (χ1v) is 12.3. The minimum atomic E-state index is -0.00918. The maximum atomic E-state index is 12.4. The van der Waals surface area contributed by atoms with Gasteiger partial charge in [-0.1, -0.05) is 53.7 Å². The van der Waals surface area contributed by atoms with E-state index in [1.807, 2.05) is 31.2 Å². The molecule has 0 radical (unpaired) electrons. The van der Waals surface area contributed by atoms with E-state index < -0.39 is 0 Å². The molecule has 5 rings (SSSR count). The summed E-state index contributed by atoms with van der Waals surface area (Å²) in [6, 6.07) is 24.9. The summed E-state index contributed by atoms with van der Waals surface area (Å²) in [5, 5.41) is 11.2. The van der Waals surface area contributed by atoms with Crippen molar-refractivity contribution in [1.82, 2.24) is 15.5 Å². The molecular weight excluding hydrogens is 444 g/mol. The van der Waals surface area contributed by atoms with Gasteiger partial charge in [0.15, 0.2) is 0 Å². The number of hydrogen-bond donors (Lipinski definition) is 1. The van der Waals surface area contributed by atoms with Crippen molar-refractivity contribution in [1.29, 1.82) is 0 Å². The number of anilines is 2. The first kappa shape index (κ1) is 22.2. The highest BCUT2D eigenvalue weighted by molar-refractivity contribution is 7.99. The molecule has 0 aliphatic carbocycles. The van der Waals surface area contributed by atoms with E-state index in [0.29, 0.717) is 31.2 Å². The van der Waals surface area contributed by atoms with Crippen LogP contribution in [0.4, 0.5) is 11.4 Å². The number of nitrogens with zero attached hydrogens (tertiary/aromatic N) is 3. The van der Waals surface area contributed by atoms with E-state index >= 15 is 0 Å². The number of amides is 1. The molecule has 34 heavy (non-hydrogen) atoms. The van der Waals surface area contributed by atoms with Gasteiger partial charge in [0.25, 0.3) is 0 Å². The van der Waals surface area contributed by atoms with Gasteiger partial charge in [0.2, 0.25) is 17.7 Å². The van der Waals surface area contributed by atoms with Crippen LogP contribution in [0, 0.1) is 6.92 Å². The number of fused-ring (bicyclic) bond motifs is 2. The van der Waals surface area contributed by atoms with Crippen LogP contribution in [0.5, 0.6) is 0 Å². The number of hydrogen-bond acceptors (Lipinski definition) is 6. The Hall–Kier alpha value is -3.58. The monoisotopic (exact) mass is 470 g/mol. The summed E-state index contributed by atoms with van der Waals surface area (Å²) in [5.74, 6) is 0.950. The maximum absolute atomic E-state index is 12.4. The molecule has 0 saturated carbocycles. The largest absolute Gasteiger partial charge is 0.421 e. The Morgan fingerprint density at radius 2 is 1.62 bits per heavy atom. The number of rotatable bonds is 8. The summed E-state index contributed by atoms with van der Waals surface area (Å²) in [7, 11) is 0. The lowest BCUT2D eigenvalue weighted by molar-refractivity contribution is -0.121. The van der Waals surface area contributed by atoms with E-state index in [2.05, 4.69) is 68.9 Å². The van der Waals surface area contributed by atoms with E-state index in [1.54, 1.807) is 11.8 Å². The molecule has 1 aliphatic heterocycles. The molecule has 3 aromatic carbocycles. The van der Waals surface area contributed by atoms with Crippen LogP contribution in [-0.4, -0.2) is 29.2 Å². The molecule has 172 valence electrons. The molecule has 0 spiro atoms. The third-order valence-corrected chi connectivity index (χ3v) is 6.87. The fraction of sp³-hybridized carbons (Fsp3) is 0.222. The van der Waals surface area contributed by atoms with Gasteiger partial charge in [-0.25, -0.2) is 0 Å². The van der Waals surface area contributed by atoms with Crippen LogP contribution in [0.1, 0.15) is 24.3 Å². The summed E-state index contributed by atoms with van der Waals surface area (Å²) >= 11 is 1.80. The highest BCUT2D eigenvalue weighted by Crippen LogP contribution is 2.47. The molecule has 7 heteroatoms. The van der Waals surface area contributed by atoms with Gasteiger partial charge in [-0.3, -0.25) is 4.79 Å². The highest BCUT2D eigenvalue weighted by atomic mass is 32.2. The van der Waals surface area contributed by atoms with Gasteiger partial charge in [-0.15, -0.1) is 10.2 Å². The molecule has 1 amide bonds. The van der Waals surface area contributed by atoms with Gasteiger partial charge in [0, 0.05) is 41.3 Å². The quantitative estimate of drug-likeness (QED) is 0.329. The molecule has 0 bridgehead atoms. The van der Waals surface area contributed by atoms with Crippen LogP contribution in [0.3, 0.4) is 0 Å². The van der Waals surface area contributed by atoms with E-state index in [1.165, 1.54) is 26.7 Å². The van der Waals surface area contributed by atoms with Gasteiger partial charge in [0.05, 0.1) is 11.4 Å². The Morgan fingerprint density at radius 3 is 2.32 bits per heavy atom. The van der Waals surface area contributed by atoms with Crippen LogP contribution in [-0.2, 0) is 11.2 Å². The zero-order valence-corrected chi connectivity index (χ0v) is 19.8. The third-order valence-electron chi connectivity index (χ3n) is 5.74. The van der Waals surface area contributed by atoms with Crippen LogP contribution in [0.15, 0.2) is 87.0 Å². The fourth-order valence-corrected chi connectivity index (χ4v) is 5.06. The minimum Gasteiger partial charge on any atom is -0.421 e. The molecule has 0 unspecified atom stereocenters. The van der Waals surface area contributed by atoms with Gasteiger partial charge in [-0.2, -0.15) is 0 Å². The molecule has 0 atom stereocenters. The normalized spacial score (nSPS) is 12.2. The summed E-state index contributed by atoms with van der Waals surface area (Å²) in [4.78, 5) is 17.2. The molecule has 1 aromatic heterocycles. The lowest BCUT2D eigenvalue weighted by Gasteiger charge is -2.32. The Balaban J connectivity index is 1.11. The van der Waals surface area contributed by atoms with Crippen molar-refractivity contribution in [3.63, 3.8) is 0 Å². The van der Waals surface area contributed by atoms with Crippen LogP contribution in [0.2, 0.25) is 0 Å². The topological polar surface area (TPSA) is 71.3 Å².